The van der Waals surface area contributed by atoms with E-state index in [0.717, 1.165) is 37.5 Å². The van der Waals surface area contributed by atoms with Crippen LogP contribution in [0.2, 0.25) is 0 Å². The summed E-state index contributed by atoms with van der Waals surface area (Å²) in [6, 6.07) is 14.4. The molecule has 0 spiro atoms. The summed E-state index contributed by atoms with van der Waals surface area (Å²) in [5, 5.41) is 8.06. The van der Waals surface area contributed by atoms with Crippen LogP contribution in [0.5, 0.6) is 0 Å². The highest BCUT2D eigenvalue weighted by Gasteiger charge is 2.08. The number of halogens is 1. The number of pyridine rings is 1. The minimum atomic E-state index is 0.893. The summed E-state index contributed by atoms with van der Waals surface area (Å²) in [5.74, 6) is 0. The lowest BCUT2D eigenvalue weighted by molar-refractivity contribution is 0.897. The Bertz CT molecular complexity index is 1190. The van der Waals surface area contributed by atoms with Crippen LogP contribution >= 0.6 is 15.9 Å². The third-order valence-corrected chi connectivity index (χ3v) is 4.61. The first-order chi connectivity index (χ1) is 11.3. The average Bonchev–Trinajstić information content (AvgIpc) is 3.20. The number of aromatic nitrogens is 4. The molecule has 0 aliphatic carbocycles. The van der Waals surface area contributed by atoms with Crippen molar-refractivity contribution in [1.82, 2.24) is 19.7 Å². The van der Waals surface area contributed by atoms with Crippen LogP contribution in [0.15, 0.2) is 65.5 Å². The largest absolute Gasteiger partial charge is 0.361 e. The van der Waals surface area contributed by atoms with Crippen molar-refractivity contribution in [3.63, 3.8) is 0 Å². The third-order valence-electron chi connectivity index (χ3n) is 4.12. The first-order valence-corrected chi connectivity index (χ1v) is 8.08. The van der Waals surface area contributed by atoms with Gasteiger partial charge in [0.25, 0.3) is 0 Å². The molecule has 23 heavy (non-hydrogen) atoms. The second-order valence-electron chi connectivity index (χ2n) is 5.54. The Kier molecular flexibility index (Phi) is 2.60. The van der Waals surface area contributed by atoms with Crippen molar-refractivity contribution in [2.75, 3.05) is 0 Å². The third kappa shape index (κ3) is 1.97. The number of fused-ring (bicyclic) bond motifs is 4. The van der Waals surface area contributed by atoms with Crippen LogP contribution in [0.4, 0.5) is 0 Å². The van der Waals surface area contributed by atoms with Crippen molar-refractivity contribution in [3.05, 3.63) is 65.5 Å². The van der Waals surface area contributed by atoms with Crippen molar-refractivity contribution < 1.29 is 0 Å². The van der Waals surface area contributed by atoms with Gasteiger partial charge in [-0.15, -0.1) is 0 Å². The number of rotatable bonds is 1. The number of benzene rings is 2. The number of hydrogen-bond donors (Lipinski definition) is 1. The van der Waals surface area contributed by atoms with Gasteiger partial charge in [0.05, 0.1) is 17.4 Å². The molecule has 0 saturated heterocycles. The van der Waals surface area contributed by atoms with E-state index in [9.17, 15) is 0 Å². The molecule has 5 rings (SSSR count). The van der Waals surface area contributed by atoms with Crippen LogP contribution in [0, 0.1) is 0 Å². The van der Waals surface area contributed by atoms with Crippen molar-refractivity contribution in [2.45, 2.75) is 0 Å². The van der Waals surface area contributed by atoms with E-state index >= 15 is 0 Å². The van der Waals surface area contributed by atoms with Crippen molar-refractivity contribution in [1.29, 1.82) is 0 Å². The van der Waals surface area contributed by atoms with Gasteiger partial charge in [0, 0.05) is 38.5 Å². The lowest BCUT2D eigenvalue weighted by atomic mass is 10.1. The SMILES string of the molecule is Brc1ccc2ncc3nn(-c4ccc5[nH]ccc5c4)cc3c2c1. The molecule has 0 aliphatic heterocycles. The summed E-state index contributed by atoms with van der Waals surface area (Å²) in [6.45, 7) is 0. The normalized spacial score (nSPS) is 11.7. The monoisotopic (exact) mass is 362 g/mol. The van der Waals surface area contributed by atoms with Crippen LogP contribution in [0.3, 0.4) is 0 Å². The summed E-state index contributed by atoms with van der Waals surface area (Å²) in [7, 11) is 0. The molecule has 3 heterocycles. The van der Waals surface area contributed by atoms with Gasteiger partial charge in [0.15, 0.2) is 0 Å². The molecule has 0 aliphatic rings. The molecule has 0 unspecified atom stereocenters. The number of H-pyrrole nitrogens is 1. The topological polar surface area (TPSA) is 46.5 Å². The standard InChI is InChI=1S/C18H11BrN4/c19-12-1-3-17-14(8-12)15-10-23(22-18(15)9-21-17)13-2-4-16-11(7-13)5-6-20-16/h1-10,20H. The van der Waals surface area contributed by atoms with Crippen molar-refractivity contribution in [3.8, 4) is 5.69 Å². The molecule has 0 atom stereocenters. The minimum absolute atomic E-state index is 0.893. The van der Waals surface area contributed by atoms with Crippen LogP contribution < -0.4 is 0 Å². The van der Waals surface area contributed by atoms with Gasteiger partial charge in [0.2, 0.25) is 0 Å². The van der Waals surface area contributed by atoms with Gasteiger partial charge >= 0.3 is 0 Å². The van der Waals surface area contributed by atoms with E-state index < -0.39 is 0 Å². The molecule has 0 saturated carbocycles. The summed E-state index contributed by atoms with van der Waals surface area (Å²) >= 11 is 3.53. The van der Waals surface area contributed by atoms with Crippen molar-refractivity contribution >= 4 is 48.6 Å². The summed E-state index contributed by atoms with van der Waals surface area (Å²) in [4.78, 5) is 7.71. The van der Waals surface area contributed by atoms with E-state index in [0.29, 0.717) is 0 Å². The predicted molar refractivity (Wildman–Crippen MR) is 95.9 cm³/mol. The molecule has 5 aromatic rings. The van der Waals surface area contributed by atoms with Gasteiger partial charge in [-0.3, -0.25) is 4.98 Å². The fourth-order valence-corrected chi connectivity index (χ4v) is 3.33. The average molecular weight is 363 g/mol. The highest BCUT2D eigenvalue weighted by Crippen LogP contribution is 2.27. The van der Waals surface area contributed by atoms with Gasteiger partial charge in [-0.2, -0.15) is 5.10 Å². The molecular formula is C18H11BrN4. The van der Waals surface area contributed by atoms with E-state index in [1.165, 1.54) is 5.39 Å². The second-order valence-corrected chi connectivity index (χ2v) is 6.46. The maximum absolute atomic E-state index is 4.68. The molecule has 0 radical (unpaired) electrons. The predicted octanol–water partition coefficient (Wildman–Crippen LogP) is 4.82. The zero-order valence-corrected chi connectivity index (χ0v) is 13.6. The maximum atomic E-state index is 4.68. The zero-order chi connectivity index (χ0) is 15.4. The minimum Gasteiger partial charge on any atom is -0.361 e. The smallest absolute Gasteiger partial charge is 0.112 e. The second kappa shape index (κ2) is 4.67. The molecule has 0 fully saturated rings. The lowest BCUT2D eigenvalue weighted by Gasteiger charge is -2.00. The fraction of sp³-hybridized carbons (Fsp3) is 0. The van der Waals surface area contributed by atoms with Gasteiger partial charge in [-0.1, -0.05) is 15.9 Å². The van der Waals surface area contributed by atoms with Crippen molar-refractivity contribution in [2.24, 2.45) is 0 Å². The van der Waals surface area contributed by atoms with E-state index in [1.54, 1.807) is 0 Å². The van der Waals surface area contributed by atoms with E-state index in [4.69, 9.17) is 0 Å². The number of hydrogen-bond acceptors (Lipinski definition) is 2. The van der Waals surface area contributed by atoms with E-state index in [1.807, 2.05) is 29.2 Å². The fourth-order valence-electron chi connectivity index (χ4n) is 2.97. The first-order valence-electron chi connectivity index (χ1n) is 7.29. The van der Waals surface area contributed by atoms with E-state index in [2.05, 4.69) is 67.5 Å². The Morgan fingerprint density at radius 1 is 0.957 bits per heavy atom. The Morgan fingerprint density at radius 2 is 1.91 bits per heavy atom. The Balaban J connectivity index is 1.78. The number of nitrogens with one attached hydrogen (secondary N) is 1. The van der Waals surface area contributed by atoms with E-state index in [-0.39, 0.29) is 0 Å². The number of nitrogens with zero attached hydrogens (tertiary/aromatic N) is 3. The molecular weight excluding hydrogens is 352 g/mol. The van der Waals surface area contributed by atoms with Crippen LogP contribution in [-0.4, -0.2) is 19.7 Å². The lowest BCUT2D eigenvalue weighted by Crippen LogP contribution is -1.93. The van der Waals surface area contributed by atoms with Gasteiger partial charge in [-0.25, -0.2) is 4.68 Å². The van der Waals surface area contributed by atoms with Gasteiger partial charge < -0.3 is 4.98 Å². The molecule has 5 heteroatoms. The van der Waals surface area contributed by atoms with Gasteiger partial charge in [-0.05, 0) is 42.5 Å². The molecule has 4 nitrogen and oxygen atoms in total. The molecule has 0 bridgehead atoms. The van der Waals surface area contributed by atoms with Crippen LogP contribution in [-0.2, 0) is 0 Å². The molecule has 110 valence electrons. The maximum Gasteiger partial charge on any atom is 0.112 e. The highest BCUT2D eigenvalue weighted by molar-refractivity contribution is 9.10. The van der Waals surface area contributed by atoms with Gasteiger partial charge in [0.1, 0.15) is 5.52 Å². The van der Waals surface area contributed by atoms with Crippen LogP contribution in [0.1, 0.15) is 0 Å². The Morgan fingerprint density at radius 3 is 2.87 bits per heavy atom. The zero-order valence-electron chi connectivity index (χ0n) is 12.0. The molecule has 0 amide bonds. The molecule has 3 aromatic heterocycles. The first kappa shape index (κ1) is 12.8. The Hall–Kier alpha value is -2.66. The summed E-state index contributed by atoms with van der Waals surface area (Å²) in [5.41, 5.74) is 4.03. The molecule has 1 N–H and O–H groups in total. The van der Waals surface area contributed by atoms with Crippen LogP contribution in [0.25, 0.3) is 38.4 Å². The quantitative estimate of drug-likeness (QED) is 0.464. The Labute approximate surface area is 139 Å². The number of aromatic amines is 1. The highest BCUT2D eigenvalue weighted by atomic mass is 79.9. The summed E-state index contributed by atoms with van der Waals surface area (Å²) in [6.07, 6.45) is 5.85. The molecule has 2 aromatic carbocycles. The summed E-state index contributed by atoms with van der Waals surface area (Å²) < 4.78 is 2.96.